The van der Waals surface area contributed by atoms with E-state index >= 15 is 0 Å². The molecule has 1 fully saturated rings. The Labute approximate surface area is 138 Å². The van der Waals surface area contributed by atoms with Gasteiger partial charge >= 0.3 is 0 Å². The molecule has 2 rings (SSSR count). The fraction of sp³-hybridized carbons (Fsp3) is 0.562. The monoisotopic (exact) mass is 339 g/mol. The van der Waals surface area contributed by atoms with Crippen molar-refractivity contribution in [3.8, 4) is 0 Å². The topological polar surface area (TPSA) is 69.7 Å². The molecular formula is C16H25N3O3S. The van der Waals surface area contributed by atoms with Crippen LogP contribution < -0.4 is 5.32 Å². The molecular weight excluding hydrogens is 314 g/mol. The lowest BCUT2D eigenvalue weighted by Gasteiger charge is -2.29. The third kappa shape index (κ3) is 4.31. The van der Waals surface area contributed by atoms with E-state index in [1.54, 1.807) is 24.0 Å². The van der Waals surface area contributed by atoms with Crippen molar-refractivity contribution in [3.63, 3.8) is 0 Å². The highest BCUT2D eigenvalue weighted by Crippen LogP contribution is 2.17. The first-order valence-corrected chi connectivity index (χ1v) is 9.50. The lowest BCUT2D eigenvalue weighted by molar-refractivity contribution is -0.131. The van der Waals surface area contributed by atoms with E-state index in [1.165, 1.54) is 4.31 Å². The number of aryl methyl sites for hydroxylation is 1. The Balaban J connectivity index is 2.12. The average Bonchev–Trinajstić information content (AvgIpc) is 2.60. The number of carbonyl (C=O) groups excluding carboxylic acids is 1. The van der Waals surface area contributed by atoms with Gasteiger partial charge in [-0.3, -0.25) is 4.79 Å². The van der Waals surface area contributed by atoms with Crippen LogP contribution in [0.15, 0.2) is 29.2 Å². The summed E-state index contributed by atoms with van der Waals surface area (Å²) in [5, 5.41) is 3.18. The molecule has 0 bridgehead atoms. The van der Waals surface area contributed by atoms with Gasteiger partial charge in [0, 0.05) is 32.7 Å². The summed E-state index contributed by atoms with van der Waals surface area (Å²) in [5.74, 6) is -0.137. The standard InChI is InChI=1S/C16H25N3O3S/c1-3-14-5-7-15(8-6-14)23(21,22)19(4-2)13-16(20)18-11-9-17-10-12-18/h5-8,17H,3-4,9-13H2,1-2H3. The van der Waals surface area contributed by atoms with Crippen LogP contribution in [0, 0.1) is 0 Å². The SMILES string of the molecule is CCc1ccc(S(=O)(=O)N(CC)CC(=O)N2CCNCC2)cc1. The number of hydrogen-bond donors (Lipinski definition) is 1. The molecule has 1 aliphatic rings. The largest absolute Gasteiger partial charge is 0.339 e. The normalized spacial score (nSPS) is 15.9. The second-order valence-corrected chi connectivity index (χ2v) is 7.50. The summed E-state index contributed by atoms with van der Waals surface area (Å²) in [6, 6.07) is 6.87. The van der Waals surface area contributed by atoms with Crippen molar-refractivity contribution in [2.75, 3.05) is 39.3 Å². The molecule has 0 atom stereocenters. The van der Waals surface area contributed by atoms with Crippen LogP contribution in [0.5, 0.6) is 0 Å². The van der Waals surface area contributed by atoms with Crippen LogP contribution in [-0.4, -0.2) is 62.8 Å². The molecule has 1 aromatic rings. The first-order valence-electron chi connectivity index (χ1n) is 8.06. The van der Waals surface area contributed by atoms with Crippen LogP contribution in [0.1, 0.15) is 19.4 Å². The number of nitrogens with one attached hydrogen (secondary N) is 1. The summed E-state index contributed by atoms with van der Waals surface area (Å²) >= 11 is 0. The predicted molar refractivity (Wildman–Crippen MR) is 89.7 cm³/mol. The van der Waals surface area contributed by atoms with Crippen molar-refractivity contribution in [2.45, 2.75) is 25.2 Å². The summed E-state index contributed by atoms with van der Waals surface area (Å²) in [5.41, 5.74) is 1.09. The third-order valence-electron chi connectivity index (χ3n) is 4.10. The molecule has 23 heavy (non-hydrogen) atoms. The zero-order chi connectivity index (χ0) is 16.9. The molecule has 1 amide bonds. The van der Waals surface area contributed by atoms with Gasteiger partial charge in [-0.05, 0) is 24.1 Å². The van der Waals surface area contributed by atoms with Gasteiger partial charge in [0.05, 0.1) is 11.4 Å². The van der Waals surface area contributed by atoms with Crippen molar-refractivity contribution in [1.82, 2.24) is 14.5 Å². The van der Waals surface area contributed by atoms with Crippen molar-refractivity contribution in [1.29, 1.82) is 0 Å². The molecule has 1 saturated heterocycles. The second-order valence-electron chi connectivity index (χ2n) is 5.56. The third-order valence-corrected chi connectivity index (χ3v) is 6.04. The molecule has 1 heterocycles. The Morgan fingerprint density at radius 1 is 1.17 bits per heavy atom. The van der Waals surface area contributed by atoms with Gasteiger partial charge in [0.1, 0.15) is 0 Å². The van der Waals surface area contributed by atoms with E-state index in [2.05, 4.69) is 5.32 Å². The Morgan fingerprint density at radius 2 is 1.78 bits per heavy atom. The summed E-state index contributed by atoms with van der Waals surface area (Å²) in [4.78, 5) is 14.3. The average molecular weight is 339 g/mol. The fourth-order valence-electron chi connectivity index (χ4n) is 2.58. The van der Waals surface area contributed by atoms with Crippen LogP contribution in [0.3, 0.4) is 0 Å². The van der Waals surface area contributed by atoms with Crippen molar-refractivity contribution >= 4 is 15.9 Å². The minimum Gasteiger partial charge on any atom is -0.339 e. The van der Waals surface area contributed by atoms with E-state index in [0.717, 1.165) is 25.1 Å². The molecule has 0 spiro atoms. The molecule has 0 radical (unpaired) electrons. The second kappa shape index (κ2) is 7.90. The first-order chi connectivity index (χ1) is 11.0. The van der Waals surface area contributed by atoms with Gasteiger partial charge in [-0.25, -0.2) is 8.42 Å². The number of carbonyl (C=O) groups is 1. The number of amides is 1. The molecule has 0 unspecified atom stereocenters. The highest BCUT2D eigenvalue weighted by Gasteiger charge is 2.27. The summed E-state index contributed by atoms with van der Waals surface area (Å²) in [7, 11) is -3.64. The van der Waals surface area contributed by atoms with Gasteiger partial charge in [0.25, 0.3) is 0 Å². The number of rotatable bonds is 6. The number of likely N-dealkylation sites (N-methyl/N-ethyl adjacent to an activating group) is 1. The lowest BCUT2D eigenvalue weighted by Crippen LogP contribution is -2.50. The van der Waals surface area contributed by atoms with Gasteiger partial charge in [0.15, 0.2) is 0 Å². The van der Waals surface area contributed by atoms with Crippen LogP contribution in [0.2, 0.25) is 0 Å². The van der Waals surface area contributed by atoms with Crippen molar-refractivity contribution < 1.29 is 13.2 Å². The maximum absolute atomic E-state index is 12.7. The van der Waals surface area contributed by atoms with E-state index in [9.17, 15) is 13.2 Å². The quantitative estimate of drug-likeness (QED) is 0.828. The highest BCUT2D eigenvalue weighted by molar-refractivity contribution is 7.89. The molecule has 6 nitrogen and oxygen atoms in total. The first kappa shape index (κ1) is 17.9. The molecule has 1 N–H and O–H groups in total. The molecule has 1 aliphatic heterocycles. The summed E-state index contributed by atoms with van der Waals surface area (Å²) in [6.45, 7) is 6.70. The molecule has 128 valence electrons. The van der Waals surface area contributed by atoms with Crippen molar-refractivity contribution in [3.05, 3.63) is 29.8 Å². The summed E-state index contributed by atoms with van der Waals surface area (Å²) < 4.78 is 26.7. The molecule has 0 aromatic heterocycles. The van der Waals surface area contributed by atoms with Crippen LogP contribution in [-0.2, 0) is 21.2 Å². The Hall–Kier alpha value is -1.44. The van der Waals surface area contributed by atoms with Crippen LogP contribution in [0.4, 0.5) is 0 Å². The Morgan fingerprint density at radius 3 is 2.30 bits per heavy atom. The van der Waals surface area contributed by atoms with Crippen molar-refractivity contribution in [2.24, 2.45) is 0 Å². The van der Waals surface area contributed by atoms with E-state index in [-0.39, 0.29) is 23.9 Å². The number of sulfonamides is 1. The van der Waals surface area contributed by atoms with Crippen LogP contribution in [0.25, 0.3) is 0 Å². The van der Waals surface area contributed by atoms with E-state index in [0.29, 0.717) is 13.1 Å². The Bertz CT molecular complexity index is 622. The number of piperazine rings is 1. The summed E-state index contributed by atoms with van der Waals surface area (Å²) in [6.07, 6.45) is 0.860. The molecule has 7 heteroatoms. The molecule has 1 aromatic carbocycles. The maximum atomic E-state index is 12.7. The van der Waals surface area contributed by atoms with E-state index in [4.69, 9.17) is 0 Å². The predicted octanol–water partition coefficient (Wildman–Crippen LogP) is 0.691. The maximum Gasteiger partial charge on any atom is 0.243 e. The zero-order valence-electron chi connectivity index (χ0n) is 13.8. The molecule has 0 saturated carbocycles. The van der Waals surface area contributed by atoms with Gasteiger partial charge in [-0.1, -0.05) is 26.0 Å². The Kier molecular flexibility index (Phi) is 6.15. The minimum atomic E-state index is -3.64. The van der Waals surface area contributed by atoms with Gasteiger partial charge < -0.3 is 10.2 Å². The van der Waals surface area contributed by atoms with Gasteiger partial charge in [-0.2, -0.15) is 4.31 Å². The smallest absolute Gasteiger partial charge is 0.243 e. The van der Waals surface area contributed by atoms with E-state index < -0.39 is 10.0 Å². The highest BCUT2D eigenvalue weighted by atomic mass is 32.2. The van der Waals surface area contributed by atoms with Crippen LogP contribution >= 0.6 is 0 Å². The fourth-order valence-corrected chi connectivity index (χ4v) is 3.98. The molecule has 0 aliphatic carbocycles. The van der Waals surface area contributed by atoms with Gasteiger partial charge in [0.2, 0.25) is 15.9 Å². The zero-order valence-corrected chi connectivity index (χ0v) is 14.6. The number of hydrogen-bond acceptors (Lipinski definition) is 4. The lowest BCUT2D eigenvalue weighted by atomic mass is 10.2. The van der Waals surface area contributed by atoms with E-state index in [1.807, 2.05) is 19.1 Å². The number of nitrogens with zero attached hydrogens (tertiary/aromatic N) is 2. The minimum absolute atomic E-state index is 0.103. The van der Waals surface area contributed by atoms with Gasteiger partial charge in [-0.15, -0.1) is 0 Å². The number of benzene rings is 1.